The van der Waals surface area contributed by atoms with E-state index in [9.17, 15) is 40.5 Å². The minimum absolute atomic E-state index is 0.0421. The molecule has 2 atom stereocenters. The van der Waals surface area contributed by atoms with Crippen LogP contribution in [-0.4, -0.2) is 56.7 Å². The van der Waals surface area contributed by atoms with Crippen LogP contribution in [0.1, 0.15) is 32.2 Å². The molecule has 1 aromatic heterocycles. The van der Waals surface area contributed by atoms with Crippen LogP contribution in [0.2, 0.25) is 0 Å². The number of rotatable bonds is 6. The van der Waals surface area contributed by atoms with Crippen molar-refractivity contribution in [2.24, 2.45) is 0 Å². The van der Waals surface area contributed by atoms with Gasteiger partial charge in [0.25, 0.3) is 5.91 Å². The number of fused-ring (bicyclic) bond motifs is 1. The fourth-order valence-corrected chi connectivity index (χ4v) is 5.31. The summed E-state index contributed by atoms with van der Waals surface area (Å²) < 4.78 is 104. The number of hydrogen-bond acceptors (Lipinski definition) is 8. The van der Waals surface area contributed by atoms with Crippen molar-refractivity contribution in [1.82, 2.24) is 15.5 Å². The van der Waals surface area contributed by atoms with Gasteiger partial charge in [0, 0.05) is 5.56 Å². The molecule has 2 amide bonds. The van der Waals surface area contributed by atoms with Crippen LogP contribution in [0.3, 0.4) is 0 Å². The van der Waals surface area contributed by atoms with Crippen molar-refractivity contribution in [1.29, 1.82) is 0 Å². The van der Waals surface area contributed by atoms with Gasteiger partial charge in [-0.25, -0.2) is 4.79 Å². The fraction of sp³-hybridized carbons (Fsp3) is 0.385. The molecule has 0 saturated heterocycles. The number of carbonyl (C=O) groups is 2. The first-order valence-corrected chi connectivity index (χ1v) is 13.8. The molecule has 1 aliphatic heterocycles. The molecule has 0 spiro atoms. The van der Waals surface area contributed by atoms with E-state index in [-0.39, 0.29) is 34.3 Å². The number of ether oxygens (including phenoxy) is 2. The smallest absolute Gasteiger partial charge is 0.573 e. The van der Waals surface area contributed by atoms with Crippen LogP contribution >= 0.6 is 0 Å². The maximum Gasteiger partial charge on any atom is 0.573 e. The molecule has 17 heteroatoms. The van der Waals surface area contributed by atoms with Gasteiger partial charge >= 0.3 is 18.6 Å². The van der Waals surface area contributed by atoms with E-state index < -0.39 is 65.4 Å². The molecule has 43 heavy (non-hydrogen) atoms. The Morgan fingerprint density at radius 2 is 1.77 bits per heavy atom. The third-order valence-corrected chi connectivity index (χ3v) is 7.10. The third kappa shape index (κ3) is 8.76. The topological polar surface area (TPSA) is 130 Å². The zero-order chi connectivity index (χ0) is 31.7. The Morgan fingerprint density at radius 1 is 1.09 bits per heavy atom. The summed E-state index contributed by atoms with van der Waals surface area (Å²) in [5.74, 6) is -2.60. The summed E-state index contributed by atoms with van der Waals surface area (Å²) in [5.41, 5.74) is -0.445. The number of benzene rings is 2. The predicted molar refractivity (Wildman–Crippen MR) is 138 cm³/mol. The van der Waals surface area contributed by atoms with Crippen molar-refractivity contribution in [3.63, 3.8) is 0 Å². The quantitative estimate of drug-likeness (QED) is 0.286. The van der Waals surface area contributed by atoms with Crippen LogP contribution < -0.4 is 15.0 Å². The van der Waals surface area contributed by atoms with Gasteiger partial charge in [0.1, 0.15) is 29.2 Å². The van der Waals surface area contributed by atoms with E-state index in [2.05, 4.69) is 20.3 Å². The van der Waals surface area contributed by atoms with Gasteiger partial charge in [-0.1, -0.05) is 12.1 Å². The van der Waals surface area contributed by atoms with Crippen LogP contribution in [-0.2, 0) is 33.7 Å². The highest BCUT2D eigenvalue weighted by atomic mass is 32.2. The van der Waals surface area contributed by atoms with Crippen molar-refractivity contribution in [2.75, 3.05) is 10.7 Å². The summed E-state index contributed by atoms with van der Waals surface area (Å²) in [7, 11) is 0. The highest BCUT2D eigenvalue weighted by Crippen LogP contribution is 2.36. The number of nitrogens with one attached hydrogen (secondary N) is 1. The van der Waals surface area contributed by atoms with E-state index in [1.807, 2.05) is 0 Å². The first kappa shape index (κ1) is 31.9. The third-order valence-electron chi connectivity index (χ3n) is 5.63. The first-order valence-electron chi connectivity index (χ1n) is 12.4. The van der Waals surface area contributed by atoms with Gasteiger partial charge in [0.05, 0.1) is 6.54 Å². The number of anilines is 1. The minimum atomic E-state index is -4.92. The van der Waals surface area contributed by atoms with Gasteiger partial charge in [-0.05, 0) is 67.8 Å². The normalized spacial score (nSPS) is 17.7. The van der Waals surface area contributed by atoms with Crippen molar-refractivity contribution in [2.45, 2.75) is 62.8 Å². The monoisotopic (exact) mass is 634 g/mol. The van der Waals surface area contributed by atoms with Crippen molar-refractivity contribution < 1.29 is 54.4 Å². The van der Waals surface area contributed by atoms with E-state index in [1.165, 1.54) is 30.3 Å². The maximum atomic E-state index is 13.8. The molecule has 0 saturated carbocycles. The van der Waals surface area contributed by atoms with Crippen LogP contribution in [0.4, 0.5) is 36.8 Å². The predicted octanol–water partition coefficient (Wildman–Crippen LogP) is 5.29. The Labute approximate surface area is 243 Å². The molecule has 0 aliphatic carbocycles. The second-order valence-electron chi connectivity index (χ2n) is 10.3. The zero-order valence-electron chi connectivity index (χ0n) is 22.7. The van der Waals surface area contributed by atoms with E-state index in [4.69, 9.17) is 9.15 Å². The largest absolute Gasteiger partial charge is 0.611 e. The highest BCUT2D eigenvalue weighted by Gasteiger charge is 2.40. The van der Waals surface area contributed by atoms with E-state index in [0.29, 0.717) is 5.56 Å². The van der Waals surface area contributed by atoms with Gasteiger partial charge in [-0.15, -0.1) is 23.4 Å². The SMILES string of the molecule is CC(C)(C)OC(=O)N[C@H]1C[S+]([O-])c2ccc(-c3nnc(CC(F)(F)F)o3)cc2N(Cc2ccc(OC(F)(F)F)cc2)C1=O. The molecule has 3 aromatic rings. The number of halogens is 6. The van der Waals surface area contributed by atoms with Crippen molar-refractivity contribution in [3.8, 4) is 17.2 Å². The summed E-state index contributed by atoms with van der Waals surface area (Å²) in [6.45, 7) is 4.54. The van der Waals surface area contributed by atoms with Crippen LogP contribution in [0.15, 0.2) is 51.8 Å². The van der Waals surface area contributed by atoms with Gasteiger partial charge in [-0.2, -0.15) is 13.2 Å². The number of carbonyl (C=O) groups excluding carboxylic acids is 2. The molecule has 10 nitrogen and oxygen atoms in total. The molecule has 1 aliphatic rings. The van der Waals surface area contributed by atoms with Crippen LogP contribution in [0, 0.1) is 0 Å². The Morgan fingerprint density at radius 3 is 2.37 bits per heavy atom. The zero-order valence-corrected chi connectivity index (χ0v) is 23.5. The van der Waals surface area contributed by atoms with Crippen molar-refractivity contribution >= 4 is 28.9 Å². The van der Waals surface area contributed by atoms with Gasteiger partial charge in [0.2, 0.25) is 11.8 Å². The number of nitrogens with zero attached hydrogens (tertiary/aromatic N) is 3. The van der Waals surface area contributed by atoms with E-state index >= 15 is 0 Å². The second kappa shape index (κ2) is 11.9. The lowest BCUT2D eigenvalue weighted by molar-refractivity contribution is -0.274. The Kier molecular flexibility index (Phi) is 8.87. The molecule has 2 heterocycles. The molecular weight excluding hydrogens is 610 g/mol. The lowest BCUT2D eigenvalue weighted by Gasteiger charge is -2.26. The minimum Gasteiger partial charge on any atom is -0.611 e. The summed E-state index contributed by atoms with van der Waals surface area (Å²) in [6.07, 6.45) is -11.9. The molecular formula is C26H24F6N4O6S. The van der Waals surface area contributed by atoms with Gasteiger partial charge in [-0.3, -0.25) is 4.79 Å². The number of alkyl halides is 6. The number of aromatic nitrogens is 2. The fourth-order valence-electron chi connectivity index (χ4n) is 3.98. The molecule has 1 unspecified atom stereocenters. The summed E-state index contributed by atoms with van der Waals surface area (Å²) in [5, 5.41) is 9.46. The highest BCUT2D eigenvalue weighted by molar-refractivity contribution is 7.91. The molecule has 0 bridgehead atoms. The number of hydrogen-bond donors (Lipinski definition) is 1. The standard InChI is InChI=1S/C26H24F6N4O6S/c1-24(2,3)42-23(38)33-17-13-43(39)19-9-6-15(21-35-34-20(40-21)11-25(27,28)29)10-18(19)36(22(17)37)12-14-4-7-16(8-5-14)41-26(30,31)32/h4-10,17H,11-13H2,1-3H3,(H,33,38)/t17-,43?/m0/s1. The van der Waals surface area contributed by atoms with Crippen LogP contribution in [0.5, 0.6) is 5.75 Å². The number of alkyl carbamates (subject to hydrolysis) is 1. The Bertz CT molecular complexity index is 1470. The molecule has 0 fully saturated rings. The van der Waals surface area contributed by atoms with E-state index in [0.717, 1.165) is 17.0 Å². The van der Waals surface area contributed by atoms with E-state index in [1.54, 1.807) is 20.8 Å². The first-order chi connectivity index (χ1) is 19.9. The number of amides is 2. The van der Waals surface area contributed by atoms with Gasteiger partial charge < -0.3 is 28.7 Å². The summed E-state index contributed by atoms with van der Waals surface area (Å²) in [4.78, 5) is 27.6. The maximum absolute atomic E-state index is 13.8. The average Bonchev–Trinajstić information content (AvgIpc) is 3.28. The molecule has 232 valence electrons. The Hall–Kier alpha value is -3.99. The summed E-state index contributed by atoms with van der Waals surface area (Å²) in [6, 6.07) is 7.33. The average molecular weight is 635 g/mol. The second-order valence-corrected chi connectivity index (χ2v) is 11.8. The molecule has 1 N–H and O–H groups in total. The molecule has 2 aromatic carbocycles. The molecule has 4 rings (SSSR count). The molecule has 0 radical (unpaired) electrons. The van der Waals surface area contributed by atoms with Crippen molar-refractivity contribution in [3.05, 3.63) is 53.9 Å². The lowest BCUT2D eigenvalue weighted by Crippen LogP contribution is -2.51. The van der Waals surface area contributed by atoms with Crippen LogP contribution in [0.25, 0.3) is 11.5 Å². The Balaban J connectivity index is 1.71. The lowest BCUT2D eigenvalue weighted by atomic mass is 10.1. The summed E-state index contributed by atoms with van der Waals surface area (Å²) >= 11 is -1.88. The van der Waals surface area contributed by atoms with Gasteiger partial charge in [0.15, 0.2) is 10.9 Å².